The van der Waals surface area contributed by atoms with Crippen molar-refractivity contribution in [3.05, 3.63) is 30.0 Å². The number of fused-ring (bicyclic) bond motifs is 1. The molecule has 0 amide bonds. The van der Waals surface area contributed by atoms with Gasteiger partial charge in [0.15, 0.2) is 0 Å². The summed E-state index contributed by atoms with van der Waals surface area (Å²) in [6.45, 7) is 3.52. The summed E-state index contributed by atoms with van der Waals surface area (Å²) < 4.78 is 30.4. The van der Waals surface area contributed by atoms with Crippen molar-refractivity contribution in [3.8, 4) is 0 Å². The fourth-order valence-corrected chi connectivity index (χ4v) is 4.80. The number of sulfonamides is 1. The smallest absolute Gasteiger partial charge is 0.243 e. The van der Waals surface area contributed by atoms with Crippen LogP contribution in [0.3, 0.4) is 0 Å². The molecule has 0 spiro atoms. The molecule has 0 saturated carbocycles. The van der Waals surface area contributed by atoms with Gasteiger partial charge in [-0.1, -0.05) is 18.2 Å². The van der Waals surface area contributed by atoms with Crippen LogP contribution in [0.4, 0.5) is 0 Å². The number of nitrogens with one attached hydrogen (secondary N) is 2. The monoisotopic (exact) mass is 307 g/mol. The van der Waals surface area contributed by atoms with E-state index in [0.717, 1.165) is 36.0 Å². The van der Waals surface area contributed by atoms with Crippen LogP contribution in [0.5, 0.6) is 0 Å². The molecule has 1 fully saturated rings. The predicted molar refractivity (Wildman–Crippen MR) is 83.9 cm³/mol. The highest BCUT2D eigenvalue weighted by molar-refractivity contribution is 7.89. The van der Waals surface area contributed by atoms with Crippen LogP contribution in [-0.4, -0.2) is 32.1 Å². The van der Waals surface area contributed by atoms with Gasteiger partial charge in [-0.25, -0.2) is 13.1 Å². The van der Waals surface area contributed by atoms with Crippen LogP contribution in [0.2, 0.25) is 0 Å². The minimum Gasteiger partial charge on any atom is -0.347 e. The summed E-state index contributed by atoms with van der Waals surface area (Å²) in [5.74, 6) is 0. The number of para-hydroxylation sites is 1. The van der Waals surface area contributed by atoms with Crippen molar-refractivity contribution in [3.63, 3.8) is 0 Å². The second-order valence-electron chi connectivity index (χ2n) is 5.66. The van der Waals surface area contributed by atoms with Crippen LogP contribution in [0.25, 0.3) is 10.9 Å². The molecule has 6 heteroatoms. The Bertz CT molecular complexity index is 759. The number of nitrogens with zero attached hydrogens (tertiary/aromatic N) is 1. The highest BCUT2D eigenvalue weighted by Crippen LogP contribution is 2.29. The Morgan fingerprint density at radius 1 is 1.33 bits per heavy atom. The van der Waals surface area contributed by atoms with Gasteiger partial charge in [0.2, 0.25) is 10.0 Å². The van der Waals surface area contributed by atoms with Gasteiger partial charge in [-0.05, 0) is 32.4 Å². The molecular weight excluding hydrogens is 286 g/mol. The molecule has 2 heterocycles. The van der Waals surface area contributed by atoms with Crippen molar-refractivity contribution in [2.24, 2.45) is 7.05 Å². The van der Waals surface area contributed by atoms with E-state index in [4.69, 9.17) is 0 Å². The maximum atomic E-state index is 12.8. The van der Waals surface area contributed by atoms with Gasteiger partial charge >= 0.3 is 0 Å². The van der Waals surface area contributed by atoms with Crippen molar-refractivity contribution < 1.29 is 8.42 Å². The largest absolute Gasteiger partial charge is 0.347 e. The lowest BCUT2D eigenvalue weighted by Gasteiger charge is -2.23. The number of benzene rings is 1. The highest BCUT2D eigenvalue weighted by Gasteiger charge is 2.27. The second kappa shape index (κ2) is 5.44. The predicted octanol–water partition coefficient (Wildman–Crippen LogP) is 1.52. The van der Waals surface area contributed by atoms with Gasteiger partial charge in [0.1, 0.15) is 4.90 Å². The Labute approximate surface area is 125 Å². The molecule has 0 bridgehead atoms. The number of rotatable bonds is 3. The third-order valence-corrected chi connectivity index (χ3v) is 5.93. The van der Waals surface area contributed by atoms with Crippen molar-refractivity contribution in [2.45, 2.75) is 30.7 Å². The van der Waals surface area contributed by atoms with Crippen molar-refractivity contribution in [1.82, 2.24) is 14.6 Å². The van der Waals surface area contributed by atoms with E-state index >= 15 is 0 Å². The van der Waals surface area contributed by atoms with Crippen LogP contribution in [0.1, 0.15) is 18.5 Å². The molecule has 1 saturated heterocycles. The number of aryl methyl sites for hydroxylation is 1. The Morgan fingerprint density at radius 2 is 2.10 bits per heavy atom. The van der Waals surface area contributed by atoms with Crippen LogP contribution in [0, 0.1) is 6.92 Å². The molecule has 21 heavy (non-hydrogen) atoms. The summed E-state index contributed by atoms with van der Waals surface area (Å²) in [5, 5.41) is 4.02. The number of aromatic nitrogens is 1. The molecule has 3 rings (SSSR count). The lowest BCUT2D eigenvalue weighted by Crippen LogP contribution is -2.45. The molecular formula is C15H21N3O2S. The molecule has 1 aromatic carbocycles. The van der Waals surface area contributed by atoms with E-state index in [9.17, 15) is 8.42 Å². The van der Waals surface area contributed by atoms with Gasteiger partial charge in [0.05, 0.1) is 0 Å². The zero-order valence-corrected chi connectivity index (χ0v) is 13.2. The van der Waals surface area contributed by atoms with Crippen LogP contribution < -0.4 is 10.0 Å². The van der Waals surface area contributed by atoms with Crippen molar-refractivity contribution in [2.75, 3.05) is 13.1 Å². The van der Waals surface area contributed by atoms with Gasteiger partial charge in [-0.3, -0.25) is 0 Å². The van der Waals surface area contributed by atoms with Gasteiger partial charge in [-0.2, -0.15) is 0 Å². The maximum absolute atomic E-state index is 12.8. The average Bonchev–Trinajstić information content (AvgIpc) is 2.72. The normalized spacial score (nSPS) is 20.0. The second-order valence-corrected chi connectivity index (χ2v) is 7.31. The van der Waals surface area contributed by atoms with E-state index in [0.29, 0.717) is 11.4 Å². The first-order chi connectivity index (χ1) is 10.0. The fourth-order valence-electron chi connectivity index (χ4n) is 3.06. The Kier molecular flexibility index (Phi) is 3.77. The summed E-state index contributed by atoms with van der Waals surface area (Å²) in [6.07, 6.45) is 1.89. The lowest BCUT2D eigenvalue weighted by atomic mass is 10.1. The summed E-state index contributed by atoms with van der Waals surface area (Å²) >= 11 is 0. The molecule has 2 aromatic rings. The summed E-state index contributed by atoms with van der Waals surface area (Å²) in [5.41, 5.74) is 1.71. The first kappa shape index (κ1) is 14.6. The molecule has 0 aliphatic carbocycles. The summed E-state index contributed by atoms with van der Waals surface area (Å²) in [6, 6.07) is 7.60. The van der Waals surface area contributed by atoms with E-state index in [-0.39, 0.29) is 6.04 Å². The minimum absolute atomic E-state index is 0.0258. The summed E-state index contributed by atoms with van der Waals surface area (Å²) in [4.78, 5) is 0.408. The Hall–Kier alpha value is -1.37. The van der Waals surface area contributed by atoms with Crippen LogP contribution >= 0.6 is 0 Å². The maximum Gasteiger partial charge on any atom is 0.243 e. The zero-order valence-electron chi connectivity index (χ0n) is 12.4. The lowest BCUT2D eigenvalue weighted by molar-refractivity contribution is 0.428. The summed E-state index contributed by atoms with van der Waals surface area (Å²) in [7, 11) is -1.61. The van der Waals surface area contributed by atoms with Gasteiger partial charge in [0, 0.05) is 36.2 Å². The number of hydrogen-bond acceptors (Lipinski definition) is 3. The van der Waals surface area contributed by atoms with Crippen molar-refractivity contribution in [1.29, 1.82) is 0 Å². The molecule has 1 atom stereocenters. The van der Waals surface area contributed by atoms with Crippen molar-refractivity contribution >= 4 is 20.9 Å². The van der Waals surface area contributed by atoms with E-state index < -0.39 is 10.0 Å². The Balaban J connectivity index is 2.04. The van der Waals surface area contributed by atoms with E-state index in [2.05, 4.69) is 10.0 Å². The number of hydrogen-bond donors (Lipinski definition) is 2. The molecule has 1 aromatic heterocycles. The van der Waals surface area contributed by atoms with Gasteiger partial charge in [0.25, 0.3) is 0 Å². The fraction of sp³-hybridized carbons (Fsp3) is 0.467. The quantitative estimate of drug-likeness (QED) is 0.903. The van der Waals surface area contributed by atoms with E-state index in [1.807, 2.05) is 42.8 Å². The van der Waals surface area contributed by atoms with E-state index in [1.165, 1.54) is 0 Å². The zero-order chi connectivity index (χ0) is 15.0. The average molecular weight is 307 g/mol. The number of piperidine rings is 1. The molecule has 1 aliphatic heterocycles. The third-order valence-electron chi connectivity index (χ3n) is 4.23. The highest BCUT2D eigenvalue weighted by atomic mass is 32.2. The molecule has 114 valence electrons. The Morgan fingerprint density at radius 3 is 2.81 bits per heavy atom. The first-order valence-corrected chi connectivity index (χ1v) is 8.76. The van der Waals surface area contributed by atoms with Crippen LogP contribution in [0.15, 0.2) is 29.2 Å². The van der Waals surface area contributed by atoms with Crippen LogP contribution in [-0.2, 0) is 17.1 Å². The molecule has 5 nitrogen and oxygen atoms in total. The van der Waals surface area contributed by atoms with Gasteiger partial charge < -0.3 is 9.88 Å². The topological polar surface area (TPSA) is 63.1 Å². The SMILES string of the molecule is Cc1c(S(=O)(=O)NC2CCCNC2)c2ccccc2n1C. The molecule has 1 aliphatic rings. The van der Waals surface area contributed by atoms with E-state index in [1.54, 1.807) is 0 Å². The minimum atomic E-state index is -3.51. The standard InChI is InChI=1S/C15H21N3O2S/c1-11-15(13-7-3-4-8-14(13)18(11)2)21(19,20)17-12-6-5-9-16-10-12/h3-4,7-8,12,16-17H,5-6,9-10H2,1-2H3. The third kappa shape index (κ3) is 2.59. The first-order valence-electron chi connectivity index (χ1n) is 7.28. The van der Waals surface area contributed by atoms with Gasteiger partial charge in [-0.15, -0.1) is 0 Å². The molecule has 2 N–H and O–H groups in total. The molecule has 0 radical (unpaired) electrons. The molecule has 1 unspecified atom stereocenters.